The van der Waals surface area contributed by atoms with E-state index < -0.39 is 36.1 Å². The lowest BCUT2D eigenvalue weighted by molar-refractivity contribution is -0.152. The summed E-state index contributed by atoms with van der Waals surface area (Å²) in [5.41, 5.74) is 0.850. The lowest BCUT2D eigenvalue weighted by Crippen LogP contribution is -2.62. The summed E-state index contributed by atoms with van der Waals surface area (Å²) in [6.45, 7) is 6.81. The highest BCUT2D eigenvalue weighted by Crippen LogP contribution is 2.39. The molecule has 4 heterocycles. The number of benzene rings is 1. The highest BCUT2D eigenvalue weighted by atomic mass is 32.1. The largest absolute Gasteiger partial charge is 0.481 e. The van der Waals surface area contributed by atoms with Gasteiger partial charge in [0.05, 0.1) is 23.7 Å². The number of piperidine rings is 3. The molecule has 3 fully saturated rings. The predicted molar refractivity (Wildman–Crippen MR) is 129 cm³/mol. The van der Waals surface area contributed by atoms with Gasteiger partial charge in [-0.2, -0.15) is 0 Å². The third kappa shape index (κ3) is 6.37. The van der Waals surface area contributed by atoms with Gasteiger partial charge in [-0.25, -0.2) is 19.0 Å². The van der Waals surface area contributed by atoms with Gasteiger partial charge < -0.3 is 25.3 Å². The Morgan fingerprint density at radius 3 is 2.22 bits per heavy atom. The Hall–Kier alpha value is -3.09. The maximum atomic E-state index is 13.2. The van der Waals surface area contributed by atoms with Crippen molar-refractivity contribution in [2.75, 3.05) is 19.6 Å². The number of aliphatic hydroxyl groups is 1. The normalized spacial score (nSPS) is 21.7. The van der Waals surface area contributed by atoms with E-state index in [1.807, 2.05) is 19.2 Å². The zero-order valence-corrected chi connectivity index (χ0v) is 20.8. The SMILES string of the molecule is CC(C)(c1csc(-c2ccc(F)cc2)n1)N(C(=O)O)C1CN2CCC1CC2.O=C(O)CC(O)C(=O)O. The van der Waals surface area contributed by atoms with E-state index in [-0.39, 0.29) is 11.9 Å². The van der Waals surface area contributed by atoms with Crippen LogP contribution in [-0.2, 0) is 15.1 Å². The van der Waals surface area contributed by atoms with Crippen LogP contribution in [-0.4, -0.2) is 85.0 Å². The van der Waals surface area contributed by atoms with Gasteiger partial charge in [0.25, 0.3) is 0 Å². The van der Waals surface area contributed by atoms with E-state index >= 15 is 0 Å². The number of nitrogens with zero attached hydrogens (tertiary/aromatic N) is 3. The fourth-order valence-corrected chi connectivity index (χ4v) is 5.67. The molecule has 10 nitrogen and oxygen atoms in total. The van der Waals surface area contributed by atoms with Crippen molar-refractivity contribution in [3.63, 3.8) is 0 Å². The first kappa shape index (κ1) is 27.5. The third-order valence-electron chi connectivity index (χ3n) is 6.64. The number of carboxylic acid groups (broad SMARTS) is 3. The number of hydrogen-bond donors (Lipinski definition) is 4. The molecular formula is C24H30FN3O7S. The first-order valence-corrected chi connectivity index (χ1v) is 12.4. The zero-order chi connectivity index (χ0) is 26.6. The molecule has 0 saturated carbocycles. The number of carboxylic acids is 2. The molecule has 0 spiro atoms. The molecule has 5 rings (SSSR count). The number of fused-ring (bicyclic) bond motifs is 3. The summed E-state index contributed by atoms with van der Waals surface area (Å²) >= 11 is 1.46. The second-order valence-electron chi connectivity index (χ2n) is 9.41. The number of halogens is 1. The second-order valence-corrected chi connectivity index (χ2v) is 10.3. The Labute approximate surface area is 211 Å². The summed E-state index contributed by atoms with van der Waals surface area (Å²) in [5, 5.41) is 36.9. The number of carbonyl (C=O) groups is 3. The van der Waals surface area contributed by atoms with Crippen molar-refractivity contribution in [2.45, 2.75) is 50.8 Å². The molecule has 3 aliphatic rings. The van der Waals surface area contributed by atoms with E-state index in [0.29, 0.717) is 5.92 Å². The third-order valence-corrected chi connectivity index (χ3v) is 7.53. The Balaban J connectivity index is 0.000000345. The Bertz CT molecular complexity index is 1080. The van der Waals surface area contributed by atoms with Crippen molar-refractivity contribution in [3.8, 4) is 10.6 Å². The number of amides is 1. The number of rotatable bonds is 7. The molecule has 2 aromatic rings. The summed E-state index contributed by atoms with van der Waals surface area (Å²) in [7, 11) is 0. The summed E-state index contributed by atoms with van der Waals surface area (Å²) in [5.74, 6) is -2.71. The minimum atomic E-state index is -1.79. The Kier molecular flexibility index (Phi) is 8.64. The van der Waals surface area contributed by atoms with Gasteiger partial charge in [0, 0.05) is 17.5 Å². The van der Waals surface area contributed by atoms with Gasteiger partial charge in [-0.05, 0) is 70.0 Å². The average Bonchev–Trinajstić information content (AvgIpc) is 3.31. The van der Waals surface area contributed by atoms with E-state index in [0.717, 1.165) is 48.7 Å². The molecule has 0 aliphatic carbocycles. The molecule has 3 aliphatic heterocycles. The number of aliphatic carboxylic acids is 2. The molecule has 1 aromatic carbocycles. The highest BCUT2D eigenvalue weighted by Gasteiger charge is 2.46. The van der Waals surface area contributed by atoms with Crippen LogP contribution in [0.4, 0.5) is 9.18 Å². The number of hydrogen-bond acceptors (Lipinski definition) is 7. The van der Waals surface area contributed by atoms with E-state index in [2.05, 4.69) is 4.90 Å². The van der Waals surface area contributed by atoms with Gasteiger partial charge in [0.2, 0.25) is 0 Å². The van der Waals surface area contributed by atoms with Gasteiger partial charge in [-0.15, -0.1) is 11.3 Å². The number of aromatic nitrogens is 1. The van der Waals surface area contributed by atoms with Crippen LogP contribution in [0.3, 0.4) is 0 Å². The van der Waals surface area contributed by atoms with Crippen molar-refractivity contribution in [3.05, 3.63) is 41.2 Å². The van der Waals surface area contributed by atoms with Crippen molar-refractivity contribution < 1.29 is 39.2 Å². The molecule has 2 unspecified atom stereocenters. The molecule has 196 valence electrons. The Morgan fingerprint density at radius 2 is 1.78 bits per heavy atom. The van der Waals surface area contributed by atoms with Crippen LogP contribution >= 0.6 is 11.3 Å². The molecule has 1 aromatic heterocycles. The average molecular weight is 524 g/mol. The minimum absolute atomic E-state index is 0.00373. The van der Waals surface area contributed by atoms with Crippen LogP contribution in [0.25, 0.3) is 10.6 Å². The van der Waals surface area contributed by atoms with Crippen LogP contribution in [0.15, 0.2) is 29.6 Å². The van der Waals surface area contributed by atoms with Crippen molar-refractivity contribution in [2.24, 2.45) is 5.92 Å². The van der Waals surface area contributed by atoms with Crippen LogP contribution < -0.4 is 0 Å². The number of thiazole rings is 1. The predicted octanol–water partition coefficient (Wildman–Crippen LogP) is 3.17. The van der Waals surface area contributed by atoms with Crippen molar-refractivity contribution in [1.29, 1.82) is 0 Å². The molecule has 1 amide bonds. The molecule has 4 N–H and O–H groups in total. The highest BCUT2D eigenvalue weighted by molar-refractivity contribution is 7.13. The van der Waals surface area contributed by atoms with E-state index in [4.69, 9.17) is 20.3 Å². The van der Waals surface area contributed by atoms with Gasteiger partial charge in [-0.3, -0.25) is 9.69 Å². The smallest absolute Gasteiger partial charge is 0.408 e. The summed E-state index contributed by atoms with van der Waals surface area (Å²) in [6, 6.07) is 6.23. The maximum Gasteiger partial charge on any atom is 0.408 e. The standard InChI is InChI=1S/C20H24FN3O2S.C4H6O5/c1-20(2,17-12-27-18(22-17)14-3-5-15(21)6-4-14)24(19(25)26)16-11-23-9-7-13(16)8-10-23;5-2(4(8)9)1-3(6)7/h3-6,12-13,16H,7-11H2,1-2H3,(H,25,26);2,5H,1H2,(H,6,7)(H,8,9). The molecule has 2 atom stereocenters. The monoisotopic (exact) mass is 523 g/mol. The summed E-state index contributed by atoms with van der Waals surface area (Å²) in [4.78, 5) is 40.4. The van der Waals surface area contributed by atoms with Gasteiger partial charge >= 0.3 is 18.0 Å². The summed E-state index contributed by atoms with van der Waals surface area (Å²) in [6.07, 6.45) is -1.32. The number of aliphatic hydroxyl groups excluding tert-OH is 1. The van der Waals surface area contributed by atoms with Crippen LogP contribution in [0.5, 0.6) is 0 Å². The fraction of sp³-hybridized carbons (Fsp3) is 0.500. The lowest BCUT2D eigenvalue weighted by atomic mass is 9.81. The van der Waals surface area contributed by atoms with Crippen LogP contribution in [0.2, 0.25) is 0 Å². The van der Waals surface area contributed by atoms with Gasteiger partial charge in [0.1, 0.15) is 10.8 Å². The summed E-state index contributed by atoms with van der Waals surface area (Å²) < 4.78 is 13.2. The molecular weight excluding hydrogens is 493 g/mol. The van der Waals surface area contributed by atoms with Crippen molar-refractivity contribution in [1.82, 2.24) is 14.8 Å². The molecule has 3 saturated heterocycles. The van der Waals surface area contributed by atoms with Gasteiger partial charge in [-0.1, -0.05) is 0 Å². The second kappa shape index (κ2) is 11.3. The topological polar surface area (TPSA) is 152 Å². The van der Waals surface area contributed by atoms with Crippen molar-refractivity contribution >= 4 is 29.4 Å². The quantitative estimate of drug-likeness (QED) is 0.429. The minimum Gasteiger partial charge on any atom is -0.481 e. The van der Waals surface area contributed by atoms with Crippen LogP contribution in [0, 0.1) is 11.7 Å². The molecule has 12 heteroatoms. The zero-order valence-electron chi connectivity index (χ0n) is 20.0. The van der Waals surface area contributed by atoms with E-state index in [1.54, 1.807) is 17.0 Å². The molecule has 2 bridgehead atoms. The Morgan fingerprint density at radius 1 is 1.17 bits per heavy atom. The fourth-order valence-electron chi connectivity index (χ4n) is 4.68. The lowest BCUT2D eigenvalue weighted by Gasteiger charge is -2.52. The first-order chi connectivity index (χ1) is 16.9. The molecule has 0 radical (unpaired) electrons. The van der Waals surface area contributed by atoms with Crippen LogP contribution in [0.1, 0.15) is 38.8 Å². The van der Waals surface area contributed by atoms with E-state index in [1.165, 1.54) is 23.5 Å². The van der Waals surface area contributed by atoms with E-state index in [9.17, 15) is 23.9 Å². The first-order valence-electron chi connectivity index (χ1n) is 11.5. The molecule has 36 heavy (non-hydrogen) atoms. The maximum absolute atomic E-state index is 13.2. The van der Waals surface area contributed by atoms with Gasteiger partial charge in [0.15, 0.2) is 6.10 Å².